The summed E-state index contributed by atoms with van der Waals surface area (Å²) in [5.74, 6) is 1.84. The van der Waals surface area contributed by atoms with E-state index in [1.165, 1.54) is 28.4 Å². The summed E-state index contributed by atoms with van der Waals surface area (Å²) in [6, 6.07) is 9.95. The molecule has 1 aromatic heterocycles. The molecule has 12 heteroatoms. The maximum atomic E-state index is 12.2. The third kappa shape index (κ3) is 4.86. The minimum atomic E-state index is -0.554. The van der Waals surface area contributed by atoms with Crippen LogP contribution in [0.5, 0.6) is 23.0 Å². The van der Waals surface area contributed by atoms with Crippen LogP contribution in [0.2, 0.25) is 0 Å². The molecule has 178 valence electrons. The van der Waals surface area contributed by atoms with E-state index in [1.54, 1.807) is 36.4 Å². The second-order valence-corrected chi connectivity index (χ2v) is 7.09. The minimum absolute atomic E-state index is 0.106. The number of benzene rings is 2. The number of rotatable bonds is 9. The molecule has 0 atom stereocenters. The van der Waals surface area contributed by atoms with Gasteiger partial charge in [-0.1, -0.05) is 6.07 Å². The average molecular weight is 487 g/mol. The summed E-state index contributed by atoms with van der Waals surface area (Å²) in [7, 11) is 5.96. The molecule has 0 unspecified atom stereocenters. The Hall–Kier alpha value is -4.32. The Morgan fingerprint density at radius 3 is 2.03 bits per heavy atom. The fraction of sp³-hybridized carbons (Fsp3) is 0.182. The highest BCUT2D eigenvalue weighted by Crippen LogP contribution is 2.46. The van der Waals surface area contributed by atoms with Crippen molar-refractivity contribution in [3.05, 3.63) is 52.3 Å². The van der Waals surface area contributed by atoms with E-state index in [1.807, 2.05) is 0 Å². The van der Waals surface area contributed by atoms with Crippen LogP contribution >= 0.6 is 12.2 Å². The van der Waals surface area contributed by atoms with Crippen molar-refractivity contribution in [1.29, 1.82) is 0 Å². The number of methoxy groups -OCH3 is 4. The zero-order chi connectivity index (χ0) is 24.8. The number of nitrogens with one attached hydrogen (secondary N) is 1. The van der Waals surface area contributed by atoms with E-state index in [2.05, 4.69) is 10.5 Å². The fourth-order valence-electron chi connectivity index (χ4n) is 3.30. The van der Waals surface area contributed by atoms with Crippen molar-refractivity contribution in [2.24, 2.45) is 10.8 Å². The van der Waals surface area contributed by atoms with Crippen LogP contribution in [0, 0.1) is 10.1 Å². The van der Waals surface area contributed by atoms with Gasteiger partial charge < -0.3 is 29.1 Å². The number of hydrogen-bond acceptors (Lipinski definition) is 9. The first-order valence-corrected chi connectivity index (χ1v) is 10.1. The topological polar surface area (TPSA) is 144 Å². The first-order chi connectivity index (χ1) is 16.3. The van der Waals surface area contributed by atoms with E-state index < -0.39 is 4.92 Å². The monoisotopic (exact) mass is 486 g/mol. The van der Waals surface area contributed by atoms with Gasteiger partial charge in [0.05, 0.1) is 39.6 Å². The first-order valence-electron chi connectivity index (χ1n) is 9.69. The van der Waals surface area contributed by atoms with Crippen molar-refractivity contribution < 1.29 is 28.3 Å². The molecule has 3 aromatic rings. The van der Waals surface area contributed by atoms with Gasteiger partial charge in [-0.3, -0.25) is 15.5 Å². The molecule has 1 heterocycles. The molecular weight excluding hydrogens is 464 g/mol. The second kappa shape index (κ2) is 10.5. The van der Waals surface area contributed by atoms with Crippen molar-refractivity contribution in [2.45, 2.75) is 0 Å². The summed E-state index contributed by atoms with van der Waals surface area (Å²) in [5.41, 5.74) is 8.59. The largest absolute Gasteiger partial charge is 0.493 e. The van der Waals surface area contributed by atoms with Crippen LogP contribution in [-0.2, 0) is 0 Å². The highest BCUT2D eigenvalue weighted by Gasteiger charge is 2.32. The van der Waals surface area contributed by atoms with Crippen molar-refractivity contribution in [2.75, 3.05) is 28.4 Å². The molecule has 0 bridgehead atoms. The number of hydrazone groups is 1. The highest BCUT2D eigenvalue weighted by atomic mass is 32.1. The normalized spacial score (nSPS) is 10.7. The third-order valence-electron chi connectivity index (χ3n) is 4.77. The van der Waals surface area contributed by atoms with Gasteiger partial charge in [0.1, 0.15) is 11.3 Å². The molecule has 3 rings (SSSR count). The van der Waals surface area contributed by atoms with Gasteiger partial charge in [-0.15, -0.1) is 0 Å². The zero-order valence-electron chi connectivity index (χ0n) is 18.8. The smallest absolute Gasteiger partial charge is 0.324 e. The first kappa shape index (κ1) is 24.3. The fourth-order valence-corrected chi connectivity index (χ4v) is 3.36. The van der Waals surface area contributed by atoms with E-state index in [-0.39, 0.29) is 27.9 Å². The molecule has 0 aliphatic heterocycles. The lowest BCUT2D eigenvalue weighted by atomic mass is 9.99. The molecule has 3 N–H and O–H groups in total. The maximum Gasteiger partial charge on any atom is 0.324 e. The van der Waals surface area contributed by atoms with E-state index in [0.29, 0.717) is 34.1 Å². The lowest BCUT2D eigenvalue weighted by Crippen LogP contribution is -2.24. The molecule has 11 nitrogen and oxygen atoms in total. The Bertz CT molecular complexity index is 1260. The molecular formula is C22H22N4O7S. The zero-order valence-corrected chi connectivity index (χ0v) is 19.6. The van der Waals surface area contributed by atoms with Gasteiger partial charge in [0.2, 0.25) is 5.76 Å². The molecule has 0 saturated heterocycles. The number of nitro groups is 1. The van der Waals surface area contributed by atoms with Crippen LogP contribution in [-0.4, -0.2) is 44.7 Å². The van der Waals surface area contributed by atoms with E-state index in [4.69, 9.17) is 41.3 Å². The Morgan fingerprint density at radius 2 is 1.53 bits per heavy atom. The molecule has 0 saturated carbocycles. The molecule has 2 aromatic carbocycles. The minimum Gasteiger partial charge on any atom is -0.493 e. The van der Waals surface area contributed by atoms with Gasteiger partial charge in [-0.25, -0.2) is 0 Å². The third-order valence-corrected chi connectivity index (χ3v) is 4.86. The number of nitrogens with two attached hydrogens (primary N) is 1. The van der Waals surface area contributed by atoms with Crippen molar-refractivity contribution in [3.63, 3.8) is 0 Å². The standard InChI is InChI=1S/C22H22N4O7S/c1-29-14-7-5-12(9-16(14)31-3)19-20(26(27)28)18(11-24-25-22(23)34)33-21(19)13-6-8-15(30-2)17(10-13)32-4/h5-11H,1-4H3,(H3,23,25,34)/b24-11-. The van der Waals surface area contributed by atoms with Gasteiger partial charge in [-0.2, -0.15) is 5.10 Å². The van der Waals surface area contributed by atoms with E-state index in [0.717, 1.165) is 6.21 Å². The molecule has 0 fully saturated rings. The van der Waals surface area contributed by atoms with Crippen molar-refractivity contribution >= 4 is 29.2 Å². The predicted molar refractivity (Wildman–Crippen MR) is 130 cm³/mol. The van der Waals surface area contributed by atoms with Crippen LogP contribution in [0.4, 0.5) is 5.69 Å². The Kier molecular flexibility index (Phi) is 7.53. The summed E-state index contributed by atoms with van der Waals surface area (Å²) >= 11 is 4.72. The van der Waals surface area contributed by atoms with Crippen LogP contribution < -0.4 is 30.1 Å². The lowest BCUT2D eigenvalue weighted by molar-refractivity contribution is -0.384. The predicted octanol–water partition coefficient (Wildman–Crippen LogP) is 3.72. The van der Waals surface area contributed by atoms with E-state index in [9.17, 15) is 10.1 Å². The van der Waals surface area contributed by atoms with Crippen LogP contribution in [0.25, 0.3) is 22.5 Å². The van der Waals surface area contributed by atoms with Crippen LogP contribution in [0.15, 0.2) is 45.9 Å². The summed E-state index contributed by atoms with van der Waals surface area (Å²) in [6.45, 7) is 0. The Balaban J connectivity index is 2.33. The van der Waals surface area contributed by atoms with Gasteiger partial charge in [0, 0.05) is 5.56 Å². The number of thiocarbonyl (C=S) groups is 1. The van der Waals surface area contributed by atoms with Gasteiger partial charge >= 0.3 is 5.69 Å². The summed E-state index contributed by atoms with van der Waals surface area (Å²) in [5, 5.41) is 15.9. The summed E-state index contributed by atoms with van der Waals surface area (Å²) < 4.78 is 27.3. The maximum absolute atomic E-state index is 12.2. The van der Waals surface area contributed by atoms with Gasteiger partial charge in [-0.05, 0) is 48.1 Å². The Labute approximate surface area is 200 Å². The highest BCUT2D eigenvalue weighted by molar-refractivity contribution is 7.80. The number of furan rings is 1. The number of hydrogen-bond donors (Lipinski definition) is 2. The number of ether oxygens (including phenoxy) is 4. The second-order valence-electron chi connectivity index (χ2n) is 6.65. The summed E-state index contributed by atoms with van der Waals surface area (Å²) in [6.07, 6.45) is 1.13. The van der Waals surface area contributed by atoms with Crippen molar-refractivity contribution in [1.82, 2.24) is 5.43 Å². The van der Waals surface area contributed by atoms with Gasteiger partial charge in [0.25, 0.3) is 0 Å². The quantitative estimate of drug-likeness (QED) is 0.199. The molecule has 0 spiro atoms. The summed E-state index contributed by atoms with van der Waals surface area (Å²) in [4.78, 5) is 11.6. The van der Waals surface area contributed by atoms with E-state index >= 15 is 0 Å². The molecule has 0 amide bonds. The Morgan fingerprint density at radius 1 is 1.00 bits per heavy atom. The lowest BCUT2D eigenvalue weighted by Gasteiger charge is -2.11. The average Bonchev–Trinajstić information content (AvgIpc) is 3.22. The molecule has 34 heavy (non-hydrogen) atoms. The number of nitrogens with zero attached hydrogens (tertiary/aromatic N) is 2. The van der Waals surface area contributed by atoms with Gasteiger partial charge in [0.15, 0.2) is 28.1 Å². The van der Waals surface area contributed by atoms with Crippen LogP contribution in [0.3, 0.4) is 0 Å². The molecule has 0 radical (unpaired) electrons. The van der Waals surface area contributed by atoms with Crippen LogP contribution in [0.1, 0.15) is 5.76 Å². The SMILES string of the molecule is COc1ccc(-c2oc(/C=N\NC(N)=S)c([N+](=O)[O-])c2-c2ccc(OC)c(OC)c2)cc1OC. The molecule has 0 aliphatic carbocycles. The van der Waals surface area contributed by atoms with Crippen molar-refractivity contribution in [3.8, 4) is 45.4 Å². The molecule has 0 aliphatic rings.